The molecule has 4 nitrogen and oxygen atoms in total. The monoisotopic (exact) mass is 357 g/mol. The Labute approximate surface area is 153 Å². The van der Waals surface area contributed by atoms with Gasteiger partial charge in [-0.1, -0.05) is 62.7 Å². The van der Waals surface area contributed by atoms with Crippen molar-refractivity contribution < 1.29 is 18.7 Å². The second kappa shape index (κ2) is 9.13. The van der Waals surface area contributed by atoms with E-state index >= 15 is 0 Å². The number of anilines is 1. The Bertz CT molecular complexity index is 748. The van der Waals surface area contributed by atoms with Crippen molar-refractivity contribution in [2.24, 2.45) is 5.92 Å². The average Bonchev–Trinajstić information content (AvgIpc) is 2.64. The summed E-state index contributed by atoms with van der Waals surface area (Å²) in [6.07, 6.45) is -0.234. The maximum absolute atomic E-state index is 13.7. The van der Waals surface area contributed by atoms with Crippen LogP contribution in [-0.2, 0) is 14.3 Å². The smallest absolute Gasteiger partial charge is 0.314 e. The van der Waals surface area contributed by atoms with E-state index in [9.17, 15) is 14.0 Å². The fraction of sp³-hybridized carbons (Fsp3) is 0.333. The molecule has 3 unspecified atom stereocenters. The third kappa shape index (κ3) is 4.91. The second-order valence-electron chi connectivity index (χ2n) is 6.32. The van der Waals surface area contributed by atoms with Crippen LogP contribution in [0, 0.1) is 11.7 Å². The van der Waals surface area contributed by atoms with Gasteiger partial charge in [-0.25, -0.2) is 4.39 Å². The summed E-state index contributed by atoms with van der Waals surface area (Å²) in [6, 6.07) is 15.2. The Kier molecular flexibility index (Phi) is 6.89. The first-order chi connectivity index (χ1) is 12.4. The van der Waals surface area contributed by atoms with E-state index in [1.54, 1.807) is 6.07 Å². The van der Waals surface area contributed by atoms with Crippen molar-refractivity contribution in [3.8, 4) is 0 Å². The topological polar surface area (TPSA) is 55.4 Å². The van der Waals surface area contributed by atoms with Crippen molar-refractivity contribution in [2.75, 3.05) is 5.32 Å². The van der Waals surface area contributed by atoms with E-state index < -0.39 is 29.7 Å². The Morgan fingerprint density at radius 3 is 2.27 bits per heavy atom. The van der Waals surface area contributed by atoms with Crippen molar-refractivity contribution in [1.82, 2.24) is 0 Å². The van der Waals surface area contributed by atoms with Gasteiger partial charge in [0.2, 0.25) is 0 Å². The first-order valence-electron chi connectivity index (χ1n) is 8.74. The highest BCUT2D eigenvalue weighted by atomic mass is 19.1. The van der Waals surface area contributed by atoms with Gasteiger partial charge < -0.3 is 10.1 Å². The lowest BCUT2D eigenvalue weighted by molar-refractivity contribution is -0.155. The third-order valence-electron chi connectivity index (χ3n) is 4.42. The summed E-state index contributed by atoms with van der Waals surface area (Å²) >= 11 is 0. The first kappa shape index (κ1) is 19.6. The van der Waals surface area contributed by atoms with Crippen LogP contribution in [0.2, 0.25) is 0 Å². The zero-order valence-corrected chi connectivity index (χ0v) is 15.2. The molecule has 1 N–H and O–H groups in total. The van der Waals surface area contributed by atoms with Crippen LogP contribution in [0.4, 0.5) is 10.1 Å². The van der Waals surface area contributed by atoms with Crippen molar-refractivity contribution in [3.05, 3.63) is 66.0 Å². The minimum Gasteiger partial charge on any atom is -0.452 e. The van der Waals surface area contributed by atoms with Gasteiger partial charge in [0, 0.05) is 0 Å². The molecule has 1 amide bonds. The molecular weight excluding hydrogens is 333 g/mol. The second-order valence-corrected chi connectivity index (χ2v) is 6.32. The standard InChI is InChI=1S/C21H24FNO3/c1-4-14(2)19(16-10-6-5-7-11-16)21(25)26-15(3)20(24)23-18-13-9-8-12-17(18)22/h5-15,19H,4H2,1-3H3,(H,23,24). The molecule has 2 rings (SSSR count). The van der Waals surface area contributed by atoms with E-state index in [2.05, 4.69) is 5.32 Å². The molecule has 26 heavy (non-hydrogen) atoms. The van der Waals surface area contributed by atoms with Gasteiger partial charge in [-0.3, -0.25) is 9.59 Å². The van der Waals surface area contributed by atoms with Gasteiger partial charge in [0.15, 0.2) is 6.10 Å². The number of amides is 1. The highest BCUT2D eigenvalue weighted by molar-refractivity contribution is 5.95. The number of hydrogen-bond donors (Lipinski definition) is 1. The highest BCUT2D eigenvalue weighted by Gasteiger charge is 2.30. The number of carbonyl (C=O) groups excluding carboxylic acids is 2. The Morgan fingerprint density at radius 1 is 1.04 bits per heavy atom. The number of rotatable bonds is 7. The van der Waals surface area contributed by atoms with E-state index in [4.69, 9.17) is 4.74 Å². The summed E-state index contributed by atoms with van der Waals surface area (Å²) < 4.78 is 19.0. The minimum absolute atomic E-state index is 0.0573. The quantitative estimate of drug-likeness (QED) is 0.741. The lowest BCUT2D eigenvalue weighted by atomic mass is 9.85. The van der Waals surface area contributed by atoms with Gasteiger partial charge in [-0.2, -0.15) is 0 Å². The molecule has 0 fully saturated rings. The van der Waals surface area contributed by atoms with Crippen molar-refractivity contribution >= 4 is 17.6 Å². The molecule has 0 spiro atoms. The van der Waals surface area contributed by atoms with Crippen LogP contribution in [0.25, 0.3) is 0 Å². The number of benzene rings is 2. The summed E-state index contributed by atoms with van der Waals surface area (Å²) in [6.45, 7) is 5.46. The fourth-order valence-electron chi connectivity index (χ4n) is 2.69. The Morgan fingerprint density at radius 2 is 1.65 bits per heavy atom. The van der Waals surface area contributed by atoms with Gasteiger partial charge in [0.25, 0.3) is 5.91 Å². The first-order valence-corrected chi connectivity index (χ1v) is 8.74. The number of esters is 1. The molecule has 0 bridgehead atoms. The van der Waals surface area contributed by atoms with Crippen LogP contribution in [0.1, 0.15) is 38.7 Å². The SMILES string of the molecule is CCC(C)C(C(=O)OC(C)C(=O)Nc1ccccc1F)c1ccccc1. The van der Waals surface area contributed by atoms with Gasteiger partial charge in [0.05, 0.1) is 11.6 Å². The van der Waals surface area contributed by atoms with Crippen molar-refractivity contribution in [3.63, 3.8) is 0 Å². The number of halogens is 1. The highest BCUT2D eigenvalue weighted by Crippen LogP contribution is 2.28. The molecule has 0 radical (unpaired) electrons. The average molecular weight is 357 g/mol. The zero-order valence-electron chi connectivity index (χ0n) is 15.2. The van der Waals surface area contributed by atoms with Crippen LogP contribution in [-0.4, -0.2) is 18.0 Å². The minimum atomic E-state index is -1.03. The van der Waals surface area contributed by atoms with Crippen molar-refractivity contribution in [1.29, 1.82) is 0 Å². The molecule has 3 atom stereocenters. The van der Waals surface area contributed by atoms with Gasteiger partial charge in [0.1, 0.15) is 5.82 Å². The Hall–Kier alpha value is -2.69. The summed E-state index contributed by atoms with van der Waals surface area (Å²) in [5.41, 5.74) is 0.912. The molecule has 138 valence electrons. The lowest BCUT2D eigenvalue weighted by Gasteiger charge is -2.24. The number of hydrogen-bond acceptors (Lipinski definition) is 3. The molecule has 0 aliphatic rings. The largest absolute Gasteiger partial charge is 0.452 e. The van der Waals surface area contributed by atoms with E-state index in [0.29, 0.717) is 0 Å². The summed E-state index contributed by atoms with van der Waals surface area (Å²) in [5, 5.41) is 2.45. The molecule has 2 aromatic carbocycles. The number of para-hydroxylation sites is 1. The predicted octanol–water partition coefficient (Wildman–Crippen LogP) is 4.53. The third-order valence-corrected chi connectivity index (χ3v) is 4.42. The normalized spacial score (nSPS) is 14.2. The number of nitrogens with one attached hydrogen (secondary N) is 1. The maximum atomic E-state index is 13.7. The lowest BCUT2D eigenvalue weighted by Crippen LogP contribution is -2.33. The Balaban J connectivity index is 2.08. The van der Waals surface area contributed by atoms with E-state index in [0.717, 1.165) is 12.0 Å². The molecule has 0 aromatic heterocycles. The van der Waals surface area contributed by atoms with E-state index in [-0.39, 0.29) is 11.6 Å². The zero-order chi connectivity index (χ0) is 19.1. The van der Waals surface area contributed by atoms with E-state index in [1.165, 1.54) is 25.1 Å². The fourth-order valence-corrected chi connectivity index (χ4v) is 2.69. The van der Waals surface area contributed by atoms with Crippen molar-refractivity contribution in [2.45, 2.75) is 39.2 Å². The van der Waals surface area contributed by atoms with Crippen LogP contribution < -0.4 is 5.32 Å². The number of carbonyl (C=O) groups is 2. The molecule has 5 heteroatoms. The van der Waals surface area contributed by atoms with Crippen LogP contribution in [0.5, 0.6) is 0 Å². The summed E-state index contributed by atoms with van der Waals surface area (Å²) in [7, 11) is 0. The maximum Gasteiger partial charge on any atom is 0.314 e. The van der Waals surface area contributed by atoms with Crippen LogP contribution >= 0.6 is 0 Å². The molecule has 0 aliphatic heterocycles. The molecule has 2 aromatic rings. The number of ether oxygens (including phenoxy) is 1. The predicted molar refractivity (Wildman–Crippen MR) is 99.2 cm³/mol. The van der Waals surface area contributed by atoms with Crippen LogP contribution in [0.3, 0.4) is 0 Å². The van der Waals surface area contributed by atoms with Gasteiger partial charge in [-0.05, 0) is 30.5 Å². The molecule has 0 aliphatic carbocycles. The van der Waals surface area contributed by atoms with Gasteiger partial charge >= 0.3 is 5.97 Å². The molecule has 0 saturated carbocycles. The van der Waals surface area contributed by atoms with E-state index in [1.807, 2.05) is 44.2 Å². The molecule has 0 saturated heterocycles. The summed E-state index contributed by atoms with van der Waals surface area (Å²) in [4.78, 5) is 24.9. The molecular formula is C21H24FNO3. The summed E-state index contributed by atoms with van der Waals surface area (Å²) in [5.74, 6) is -1.96. The van der Waals surface area contributed by atoms with Gasteiger partial charge in [-0.15, -0.1) is 0 Å². The van der Waals surface area contributed by atoms with Crippen LogP contribution in [0.15, 0.2) is 54.6 Å². The molecule has 0 heterocycles.